The maximum absolute atomic E-state index is 12.3. The van der Waals surface area contributed by atoms with E-state index in [4.69, 9.17) is 9.47 Å². The molecule has 2 saturated heterocycles. The van der Waals surface area contributed by atoms with Crippen molar-refractivity contribution in [3.63, 3.8) is 0 Å². The first-order chi connectivity index (χ1) is 12.7. The number of nitrogens with zero attached hydrogens (tertiary/aromatic N) is 1. The van der Waals surface area contributed by atoms with Crippen LogP contribution in [0.2, 0.25) is 0 Å². The molecule has 3 aliphatic heterocycles. The molecule has 26 heavy (non-hydrogen) atoms. The summed E-state index contributed by atoms with van der Waals surface area (Å²) in [6.07, 6.45) is 7.14. The summed E-state index contributed by atoms with van der Waals surface area (Å²) in [6, 6.07) is 6.82. The number of hydrogen-bond acceptors (Lipinski definition) is 4. The first-order valence-electron chi connectivity index (χ1n) is 10.6. The van der Waals surface area contributed by atoms with E-state index in [1.807, 2.05) is 0 Å². The van der Waals surface area contributed by atoms with Crippen LogP contribution in [-0.2, 0) is 16.6 Å². The summed E-state index contributed by atoms with van der Waals surface area (Å²) >= 11 is 0. The number of epoxide rings is 1. The molecule has 4 heteroatoms. The normalized spacial score (nSPS) is 48.0. The molecule has 3 aliphatic carbocycles. The van der Waals surface area contributed by atoms with Gasteiger partial charge in [0.25, 0.3) is 0 Å². The minimum Gasteiger partial charge on any atom is -0.489 e. The molecule has 1 aromatic carbocycles. The maximum Gasteiger partial charge on any atom is 0.124 e. The fourth-order valence-corrected chi connectivity index (χ4v) is 7.17. The van der Waals surface area contributed by atoms with Crippen LogP contribution in [0, 0.1) is 11.8 Å². The third-order valence-corrected chi connectivity index (χ3v) is 8.54. The number of aliphatic hydroxyl groups is 1. The lowest BCUT2D eigenvalue weighted by Gasteiger charge is -2.64. The molecule has 0 aromatic heterocycles. The van der Waals surface area contributed by atoms with Crippen molar-refractivity contribution in [1.29, 1.82) is 0 Å². The lowest BCUT2D eigenvalue weighted by Crippen LogP contribution is -2.76. The van der Waals surface area contributed by atoms with Crippen LogP contribution in [0.25, 0.3) is 0 Å². The van der Waals surface area contributed by atoms with Gasteiger partial charge in [-0.1, -0.05) is 12.1 Å². The Morgan fingerprint density at radius 3 is 2.88 bits per heavy atom. The molecule has 138 valence electrons. The molecule has 4 nitrogen and oxygen atoms in total. The standard InChI is InChI=1S/C22H27NO3/c24-22-7-6-15(17-12-25-17)20-21(22)8-9-23(11-13-4-5-13)18(22)10-14-2-1-3-16(26-20)19(14)21/h1-3,13,15,17-18,20,24H,4-12H2/t15?,17?,18-,20+,21+,22-/m1/s1. The van der Waals surface area contributed by atoms with E-state index in [1.54, 1.807) is 0 Å². The molecule has 0 amide bonds. The van der Waals surface area contributed by atoms with Crippen molar-refractivity contribution in [3.05, 3.63) is 29.3 Å². The molecule has 1 spiro atoms. The maximum atomic E-state index is 12.3. The Morgan fingerprint density at radius 2 is 2.08 bits per heavy atom. The van der Waals surface area contributed by atoms with E-state index in [-0.39, 0.29) is 17.6 Å². The second-order valence-electron chi connectivity index (χ2n) is 9.71. The van der Waals surface area contributed by atoms with Gasteiger partial charge in [-0.15, -0.1) is 0 Å². The smallest absolute Gasteiger partial charge is 0.124 e. The van der Waals surface area contributed by atoms with Gasteiger partial charge in [0.15, 0.2) is 0 Å². The molecule has 4 fully saturated rings. The van der Waals surface area contributed by atoms with E-state index in [9.17, 15) is 5.11 Å². The van der Waals surface area contributed by atoms with Crippen LogP contribution in [0.4, 0.5) is 0 Å². The van der Waals surface area contributed by atoms with Gasteiger partial charge in [0, 0.05) is 24.1 Å². The Labute approximate surface area is 154 Å². The summed E-state index contributed by atoms with van der Waals surface area (Å²) in [5, 5.41) is 12.3. The zero-order chi connectivity index (χ0) is 17.1. The molecule has 2 bridgehead atoms. The van der Waals surface area contributed by atoms with E-state index in [0.717, 1.165) is 50.5 Å². The van der Waals surface area contributed by atoms with Gasteiger partial charge in [0.05, 0.1) is 23.7 Å². The van der Waals surface area contributed by atoms with Crippen LogP contribution >= 0.6 is 0 Å². The molecule has 1 N–H and O–H groups in total. The zero-order valence-electron chi connectivity index (χ0n) is 15.2. The van der Waals surface area contributed by atoms with E-state index in [1.165, 1.54) is 30.5 Å². The van der Waals surface area contributed by atoms with Gasteiger partial charge in [-0.2, -0.15) is 0 Å². The van der Waals surface area contributed by atoms with Crippen molar-refractivity contribution in [2.45, 2.75) is 67.8 Å². The Kier molecular flexibility index (Phi) is 2.67. The molecule has 3 heterocycles. The first-order valence-corrected chi connectivity index (χ1v) is 10.6. The van der Waals surface area contributed by atoms with Gasteiger partial charge < -0.3 is 14.6 Å². The number of hydrogen-bond donors (Lipinski definition) is 1. The molecule has 0 radical (unpaired) electrons. The Balaban J connectivity index is 1.41. The highest BCUT2D eigenvalue weighted by Crippen LogP contribution is 2.66. The van der Waals surface area contributed by atoms with Gasteiger partial charge in [-0.3, -0.25) is 4.90 Å². The van der Waals surface area contributed by atoms with Crippen LogP contribution < -0.4 is 4.74 Å². The monoisotopic (exact) mass is 353 g/mol. The predicted molar refractivity (Wildman–Crippen MR) is 96.4 cm³/mol. The van der Waals surface area contributed by atoms with Gasteiger partial charge in [0.1, 0.15) is 11.9 Å². The largest absolute Gasteiger partial charge is 0.489 e. The minimum absolute atomic E-state index is 0.0933. The van der Waals surface area contributed by atoms with Crippen LogP contribution in [0.5, 0.6) is 5.75 Å². The molecule has 1 aromatic rings. The minimum atomic E-state index is -0.643. The van der Waals surface area contributed by atoms with Crippen molar-refractivity contribution >= 4 is 0 Å². The number of piperidine rings is 1. The Bertz CT molecular complexity index is 788. The summed E-state index contributed by atoms with van der Waals surface area (Å²) < 4.78 is 12.3. The van der Waals surface area contributed by atoms with E-state index < -0.39 is 5.60 Å². The number of likely N-dealkylation sites (tertiary alicyclic amines) is 1. The van der Waals surface area contributed by atoms with Gasteiger partial charge in [-0.05, 0) is 62.6 Å². The Hall–Kier alpha value is -1.10. The predicted octanol–water partition coefficient (Wildman–Crippen LogP) is 2.27. The highest BCUT2D eigenvalue weighted by atomic mass is 16.6. The van der Waals surface area contributed by atoms with Crippen molar-refractivity contribution < 1.29 is 14.6 Å². The summed E-state index contributed by atoms with van der Waals surface area (Å²) in [4.78, 5) is 2.64. The van der Waals surface area contributed by atoms with Gasteiger partial charge in [0.2, 0.25) is 0 Å². The van der Waals surface area contributed by atoms with Crippen molar-refractivity contribution in [2.75, 3.05) is 19.7 Å². The quantitative estimate of drug-likeness (QED) is 0.847. The number of benzene rings is 1. The fraction of sp³-hybridized carbons (Fsp3) is 0.727. The summed E-state index contributed by atoms with van der Waals surface area (Å²) in [5.74, 6) is 2.35. The highest BCUT2D eigenvalue weighted by Gasteiger charge is 2.73. The number of rotatable bonds is 3. The van der Waals surface area contributed by atoms with E-state index >= 15 is 0 Å². The lowest BCUT2D eigenvalue weighted by atomic mass is 9.47. The summed E-state index contributed by atoms with van der Waals surface area (Å²) in [5.41, 5.74) is 1.93. The number of ether oxygens (including phenoxy) is 2. The second-order valence-corrected chi connectivity index (χ2v) is 9.71. The van der Waals surface area contributed by atoms with Crippen LogP contribution in [0.1, 0.15) is 43.2 Å². The third kappa shape index (κ3) is 1.64. The average molecular weight is 353 g/mol. The SMILES string of the molecule is O[C@@]12CCC(C3CO3)[C@@H]3Oc4cccc5c4[C@@]31CCN(CC1CC1)[C@@H]2C5. The van der Waals surface area contributed by atoms with Gasteiger partial charge in [-0.25, -0.2) is 0 Å². The zero-order valence-corrected chi connectivity index (χ0v) is 15.2. The van der Waals surface area contributed by atoms with Crippen molar-refractivity contribution in [3.8, 4) is 5.75 Å². The molecule has 2 saturated carbocycles. The Morgan fingerprint density at radius 1 is 1.19 bits per heavy atom. The second kappa shape index (κ2) is 4.65. The summed E-state index contributed by atoms with van der Waals surface area (Å²) in [7, 11) is 0. The van der Waals surface area contributed by atoms with E-state index in [2.05, 4.69) is 23.1 Å². The van der Waals surface area contributed by atoms with Crippen molar-refractivity contribution in [2.24, 2.45) is 11.8 Å². The summed E-state index contributed by atoms with van der Waals surface area (Å²) in [6.45, 7) is 3.16. The van der Waals surface area contributed by atoms with Crippen LogP contribution in [0.3, 0.4) is 0 Å². The molecule has 6 atom stereocenters. The molecular weight excluding hydrogens is 326 g/mol. The lowest BCUT2D eigenvalue weighted by molar-refractivity contribution is -0.199. The van der Waals surface area contributed by atoms with Crippen LogP contribution in [-0.4, -0.2) is 53.6 Å². The van der Waals surface area contributed by atoms with Gasteiger partial charge >= 0.3 is 0 Å². The van der Waals surface area contributed by atoms with Crippen molar-refractivity contribution in [1.82, 2.24) is 4.90 Å². The highest BCUT2D eigenvalue weighted by molar-refractivity contribution is 5.57. The molecular formula is C22H27NO3. The van der Waals surface area contributed by atoms with E-state index in [0.29, 0.717) is 12.0 Å². The fourth-order valence-electron chi connectivity index (χ4n) is 7.17. The first kappa shape index (κ1) is 14.9. The topological polar surface area (TPSA) is 45.2 Å². The third-order valence-electron chi connectivity index (χ3n) is 8.54. The molecule has 7 rings (SSSR count). The molecule has 6 aliphatic rings. The molecule has 2 unspecified atom stereocenters. The average Bonchev–Trinajstić information content (AvgIpc) is 3.53. The van der Waals surface area contributed by atoms with Crippen LogP contribution in [0.15, 0.2) is 18.2 Å².